The smallest absolute Gasteiger partial charge is 0.143 e. The molecule has 84 valence electrons. The zero-order valence-electron chi connectivity index (χ0n) is 9.34. The first kappa shape index (κ1) is 10.2. The largest absolute Gasteiger partial charge is 0.399 e. The number of nitrogens with two attached hydrogens (primary N) is 1. The lowest BCUT2D eigenvalue weighted by Crippen LogP contribution is -1.87. The van der Waals surface area contributed by atoms with Gasteiger partial charge in [-0.05, 0) is 42.8 Å². The van der Waals surface area contributed by atoms with Gasteiger partial charge in [-0.3, -0.25) is 0 Å². The molecule has 0 fully saturated rings. The van der Waals surface area contributed by atoms with Crippen LogP contribution in [0.4, 0.5) is 5.69 Å². The van der Waals surface area contributed by atoms with E-state index in [0.717, 1.165) is 32.2 Å². The molecule has 0 aliphatic carbocycles. The minimum absolute atomic E-state index is 0.783. The fourth-order valence-corrected chi connectivity index (χ4v) is 2.81. The summed E-state index contributed by atoms with van der Waals surface area (Å²) in [5.41, 5.74) is 9.75. The van der Waals surface area contributed by atoms with Crippen LogP contribution >= 0.6 is 11.3 Å². The van der Waals surface area contributed by atoms with Crippen LogP contribution < -0.4 is 5.73 Å². The van der Waals surface area contributed by atoms with Crippen molar-refractivity contribution in [2.24, 2.45) is 0 Å². The zero-order chi connectivity index (χ0) is 11.8. The van der Waals surface area contributed by atoms with Crippen molar-refractivity contribution in [3.63, 3.8) is 0 Å². The van der Waals surface area contributed by atoms with Crippen LogP contribution in [0.2, 0.25) is 0 Å². The lowest BCUT2D eigenvalue weighted by molar-refractivity contribution is 1.39. The number of rotatable bonds is 1. The van der Waals surface area contributed by atoms with Crippen LogP contribution in [-0.2, 0) is 0 Å². The fourth-order valence-electron chi connectivity index (χ4n) is 1.81. The van der Waals surface area contributed by atoms with E-state index in [2.05, 4.69) is 9.97 Å². The Hall–Kier alpha value is -1.94. The SMILES string of the molecule is Cc1cc(N)ccc1-c1nc2cccnc2s1. The molecule has 0 unspecified atom stereocenters. The number of hydrogen-bond donors (Lipinski definition) is 1. The molecule has 17 heavy (non-hydrogen) atoms. The summed E-state index contributed by atoms with van der Waals surface area (Å²) in [6, 6.07) is 9.77. The predicted molar refractivity (Wildman–Crippen MR) is 72.0 cm³/mol. The summed E-state index contributed by atoms with van der Waals surface area (Å²) in [5.74, 6) is 0. The highest BCUT2D eigenvalue weighted by Crippen LogP contribution is 2.31. The van der Waals surface area contributed by atoms with Crippen LogP contribution in [0.3, 0.4) is 0 Å². The molecule has 0 bridgehead atoms. The van der Waals surface area contributed by atoms with Gasteiger partial charge in [0.2, 0.25) is 0 Å². The van der Waals surface area contributed by atoms with Gasteiger partial charge in [-0.25, -0.2) is 9.97 Å². The number of nitrogens with zero attached hydrogens (tertiary/aromatic N) is 2. The number of aryl methyl sites for hydroxylation is 1. The average molecular weight is 241 g/mol. The van der Waals surface area contributed by atoms with E-state index < -0.39 is 0 Å². The van der Waals surface area contributed by atoms with E-state index in [-0.39, 0.29) is 0 Å². The molecule has 0 aliphatic heterocycles. The molecule has 0 saturated carbocycles. The van der Waals surface area contributed by atoms with Crippen LogP contribution in [0.5, 0.6) is 0 Å². The van der Waals surface area contributed by atoms with E-state index in [1.165, 1.54) is 0 Å². The van der Waals surface area contributed by atoms with E-state index >= 15 is 0 Å². The van der Waals surface area contributed by atoms with Crippen LogP contribution in [0.1, 0.15) is 5.56 Å². The fraction of sp³-hybridized carbons (Fsp3) is 0.0769. The van der Waals surface area contributed by atoms with Gasteiger partial charge in [-0.2, -0.15) is 0 Å². The van der Waals surface area contributed by atoms with Gasteiger partial charge in [-0.15, -0.1) is 0 Å². The number of pyridine rings is 1. The highest BCUT2D eigenvalue weighted by molar-refractivity contribution is 7.21. The van der Waals surface area contributed by atoms with Crippen LogP contribution in [0.25, 0.3) is 20.9 Å². The average Bonchev–Trinajstić information content (AvgIpc) is 2.72. The molecule has 0 radical (unpaired) electrons. The van der Waals surface area contributed by atoms with E-state index in [1.54, 1.807) is 17.5 Å². The monoisotopic (exact) mass is 241 g/mol. The van der Waals surface area contributed by atoms with Gasteiger partial charge in [0.25, 0.3) is 0 Å². The van der Waals surface area contributed by atoms with Gasteiger partial charge in [0, 0.05) is 17.4 Å². The molecule has 0 spiro atoms. The minimum Gasteiger partial charge on any atom is -0.399 e. The number of benzene rings is 1. The van der Waals surface area contributed by atoms with Gasteiger partial charge in [0.05, 0.1) is 0 Å². The number of anilines is 1. The van der Waals surface area contributed by atoms with E-state index in [4.69, 9.17) is 5.73 Å². The Kier molecular flexibility index (Phi) is 2.30. The van der Waals surface area contributed by atoms with Crippen molar-refractivity contribution < 1.29 is 0 Å². The second-order valence-electron chi connectivity index (χ2n) is 3.92. The van der Waals surface area contributed by atoms with E-state index in [0.29, 0.717) is 0 Å². The molecule has 0 saturated heterocycles. The van der Waals surface area contributed by atoms with Crippen molar-refractivity contribution in [2.45, 2.75) is 6.92 Å². The van der Waals surface area contributed by atoms with Crippen molar-refractivity contribution in [1.82, 2.24) is 9.97 Å². The molecule has 0 aliphatic rings. The molecule has 2 heterocycles. The third-order valence-electron chi connectivity index (χ3n) is 2.65. The summed E-state index contributed by atoms with van der Waals surface area (Å²) < 4.78 is 0. The first-order valence-electron chi connectivity index (χ1n) is 5.32. The standard InChI is InChI=1S/C13H11N3S/c1-8-7-9(14)4-5-10(8)12-16-11-3-2-6-15-13(11)17-12/h2-7H,14H2,1H3. The van der Waals surface area contributed by atoms with Crippen molar-refractivity contribution >= 4 is 27.4 Å². The topological polar surface area (TPSA) is 51.8 Å². The first-order chi connectivity index (χ1) is 8.24. The van der Waals surface area contributed by atoms with Gasteiger partial charge in [-0.1, -0.05) is 11.3 Å². The summed E-state index contributed by atoms with van der Waals surface area (Å²) in [6.07, 6.45) is 1.79. The third-order valence-corrected chi connectivity index (χ3v) is 3.66. The van der Waals surface area contributed by atoms with Crippen molar-refractivity contribution in [3.8, 4) is 10.6 Å². The maximum atomic E-state index is 5.75. The molecule has 4 heteroatoms. The molecular weight excluding hydrogens is 230 g/mol. The van der Waals surface area contributed by atoms with E-state index in [9.17, 15) is 0 Å². The molecule has 1 aromatic carbocycles. The van der Waals surface area contributed by atoms with E-state index in [1.807, 2.05) is 37.3 Å². The lowest BCUT2D eigenvalue weighted by Gasteiger charge is -2.02. The quantitative estimate of drug-likeness (QED) is 0.665. The molecule has 3 aromatic rings. The van der Waals surface area contributed by atoms with Gasteiger partial charge in [0.1, 0.15) is 15.4 Å². The second-order valence-corrected chi connectivity index (χ2v) is 4.90. The Labute approximate surface area is 103 Å². The van der Waals surface area contributed by atoms with Crippen LogP contribution in [0.15, 0.2) is 36.5 Å². The highest BCUT2D eigenvalue weighted by Gasteiger charge is 2.08. The molecule has 3 rings (SSSR count). The maximum absolute atomic E-state index is 5.75. The Morgan fingerprint density at radius 1 is 1.24 bits per heavy atom. The summed E-state index contributed by atoms with van der Waals surface area (Å²) >= 11 is 1.61. The predicted octanol–water partition coefficient (Wildman–Crippen LogP) is 3.25. The molecule has 2 aromatic heterocycles. The van der Waals surface area contributed by atoms with Crippen molar-refractivity contribution in [2.75, 3.05) is 5.73 Å². The summed E-state index contributed by atoms with van der Waals surface area (Å²) in [6.45, 7) is 2.05. The number of thiazole rings is 1. The minimum atomic E-state index is 0.783. The first-order valence-corrected chi connectivity index (χ1v) is 6.14. The Morgan fingerprint density at radius 3 is 2.88 bits per heavy atom. The van der Waals surface area contributed by atoms with Gasteiger partial charge < -0.3 is 5.73 Å². The molecule has 2 N–H and O–H groups in total. The van der Waals surface area contributed by atoms with Crippen molar-refractivity contribution in [1.29, 1.82) is 0 Å². The normalized spacial score (nSPS) is 10.9. The Bertz CT molecular complexity index is 655. The summed E-state index contributed by atoms with van der Waals surface area (Å²) in [4.78, 5) is 9.87. The molecular formula is C13H11N3S. The second kappa shape index (κ2) is 3.82. The maximum Gasteiger partial charge on any atom is 0.143 e. The number of nitrogen functional groups attached to an aromatic ring is 1. The summed E-state index contributed by atoms with van der Waals surface area (Å²) in [7, 11) is 0. The Morgan fingerprint density at radius 2 is 2.12 bits per heavy atom. The van der Waals surface area contributed by atoms with Gasteiger partial charge >= 0.3 is 0 Å². The third kappa shape index (κ3) is 1.76. The van der Waals surface area contributed by atoms with Crippen molar-refractivity contribution in [3.05, 3.63) is 42.1 Å². The summed E-state index contributed by atoms with van der Waals surface area (Å²) in [5, 5.41) is 0.996. The number of aromatic nitrogens is 2. The molecule has 0 atom stereocenters. The lowest BCUT2D eigenvalue weighted by atomic mass is 10.1. The molecule has 3 nitrogen and oxygen atoms in total. The van der Waals surface area contributed by atoms with Crippen LogP contribution in [-0.4, -0.2) is 9.97 Å². The molecule has 0 amide bonds. The number of fused-ring (bicyclic) bond motifs is 1. The number of hydrogen-bond acceptors (Lipinski definition) is 4. The van der Waals surface area contributed by atoms with Gasteiger partial charge in [0.15, 0.2) is 0 Å². The zero-order valence-corrected chi connectivity index (χ0v) is 10.2. The Balaban J connectivity index is 2.20. The van der Waals surface area contributed by atoms with Crippen LogP contribution in [0, 0.1) is 6.92 Å². The highest BCUT2D eigenvalue weighted by atomic mass is 32.1.